The molecule has 0 aliphatic rings. The van der Waals surface area contributed by atoms with Crippen LogP contribution in [0.3, 0.4) is 0 Å². The summed E-state index contributed by atoms with van der Waals surface area (Å²) >= 11 is 0. The summed E-state index contributed by atoms with van der Waals surface area (Å²) in [5, 5.41) is 9.31. The summed E-state index contributed by atoms with van der Waals surface area (Å²) in [6, 6.07) is 0. The van der Waals surface area contributed by atoms with Crippen molar-refractivity contribution in [3.63, 3.8) is 0 Å². The third-order valence-corrected chi connectivity index (χ3v) is 4.35. The van der Waals surface area contributed by atoms with E-state index in [4.69, 9.17) is 0 Å². The molecule has 0 aromatic heterocycles. The maximum absolute atomic E-state index is 9.31. The van der Waals surface area contributed by atoms with Crippen LogP contribution >= 0.6 is 0 Å². The van der Waals surface area contributed by atoms with Crippen LogP contribution in [0.15, 0.2) is 23.3 Å². The van der Waals surface area contributed by atoms with Crippen LogP contribution in [0.25, 0.3) is 0 Å². The lowest BCUT2D eigenvalue weighted by atomic mass is 9.99. The Hall–Kier alpha value is -1.23. The molecule has 2 heteroatoms. The minimum Gasteiger partial charge on any atom is -0.311 e. The Labute approximate surface area is 145 Å². The molecule has 0 rings (SSSR count). The predicted octanol–water partition coefficient (Wildman–Crippen LogP) is 6.31. The van der Waals surface area contributed by atoms with Crippen LogP contribution in [-0.2, 0) is 0 Å². The average molecular weight is 319 g/mol. The Bertz CT molecular complexity index is 361. The second kappa shape index (κ2) is 13.2. The molecule has 2 nitrogen and oxygen atoms in total. The van der Waals surface area contributed by atoms with Gasteiger partial charge < -0.3 is 4.90 Å². The number of nitriles is 1. The topological polar surface area (TPSA) is 27.0 Å². The largest absolute Gasteiger partial charge is 0.311 e. The van der Waals surface area contributed by atoms with Crippen LogP contribution in [0.5, 0.6) is 0 Å². The van der Waals surface area contributed by atoms with Crippen molar-refractivity contribution in [1.29, 1.82) is 5.26 Å². The first kappa shape index (κ1) is 21.8. The van der Waals surface area contributed by atoms with Gasteiger partial charge in [-0.2, -0.15) is 5.26 Å². The van der Waals surface area contributed by atoms with E-state index in [-0.39, 0.29) is 0 Å². The molecule has 0 N–H and O–H groups in total. The fourth-order valence-electron chi connectivity index (χ4n) is 2.57. The van der Waals surface area contributed by atoms with E-state index in [1.807, 2.05) is 4.90 Å². The van der Waals surface area contributed by atoms with Crippen LogP contribution in [0.2, 0.25) is 0 Å². The zero-order valence-corrected chi connectivity index (χ0v) is 16.4. The molecule has 0 amide bonds. The van der Waals surface area contributed by atoms with Gasteiger partial charge in [0.25, 0.3) is 0 Å². The average Bonchev–Trinajstić information content (AvgIpc) is 2.46. The molecule has 0 saturated heterocycles. The Kier molecular flexibility index (Phi) is 12.5. The van der Waals surface area contributed by atoms with Gasteiger partial charge >= 0.3 is 0 Å². The van der Waals surface area contributed by atoms with Crippen LogP contribution < -0.4 is 0 Å². The second-order valence-electron chi connectivity index (χ2n) is 7.59. The summed E-state index contributed by atoms with van der Waals surface area (Å²) in [5.41, 5.74) is 2.80. The number of nitrogens with zero attached hydrogens (tertiary/aromatic N) is 2. The summed E-state index contributed by atoms with van der Waals surface area (Å²) in [6.07, 6.45) is 14.0. The first-order valence-corrected chi connectivity index (χ1v) is 9.26. The van der Waals surface area contributed by atoms with Gasteiger partial charge in [-0.3, -0.25) is 0 Å². The minimum atomic E-state index is 0.691. The number of hydrogen-bond acceptors (Lipinski definition) is 2. The molecule has 0 saturated carbocycles. The molecule has 2 unspecified atom stereocenters. The lowest BCUT2D eigenvalue weighted by Crippen LogP contribution is -2.23. The lowest BCUT2D eigenvalue weighted by Gasteiger charge is -2.20. The molecular weight excluding hydrogens is 280 g/mol. The molecule has 0 spiro atoms. The van der Waals surface area contributed by atoms with Crippen molar-refractivity contribution in [3.05, 3.63) is 23.3 Å². The molecule has 0 heterocycles. The molecule has 0 aromatic rings. The Balaban J connectivity index is 3.91. The SMILES string of the molecule is CC(C)=CCCC(C)CCN(C#N)CCC(C)CCC=C(C)C. The molecular formula is C21H38N2. The maximum atomic E-state index is 9.31. The molecule has 23 heavy (non-hydrogen) atoms. The standard InChI is InChI=1S/C21H38N2/c1-18(2)9-7-11-20(5)13-15-23(17-22)16-14-21(6)12-8-10-19(3)4/h9-10,20-21H,7-8,11-16H2,1-6H3. The van der Waals surface area contributed by atoms with Gasteiger partial charge in [-0.15, -0.1) is 0 Å². The fourth-order valence-corrected chi connectivity index (χ4v) is 2.57. The van der Waals surface area contributed by atoms with E-state index in [2.05, 4.69) is 59.9 Å². The summed E-state index contributed by atoms with van der Waals surface area (Å²) in [7, 11) is 0. The highest BCUT2D eigenvalue weighted by Crippen LogP contribution is 2.15. The van der Waals surface area contributed by atoms with Crippen LogP contribution in [0.4, 0.5) is 0 Å². The zero-order chi connectivity index (χ0) is 17.7. The fraction of sp³-hybridized carbons (Fsp3) is 0.762. The quantitative estimate of drug-likeness (QED) is 0.239. The van der Waals surface area contributed by atoms with E-state index in [0.717, 1.165) is 38.8 Å². The van der Waals surface area contributed by atoms with Crippen molar-refractivity contribution in [2.75, 3.05) is 13.1 Å². The van der Waals surface area contributed by atoms with Gasteiger partial charge in [-0.25, -0.2) is 0 Å². The lowest BCUT2D eigenvalue weighted by molar-refractivity contribution is 0.316. The highest BCUT2D eigenvalue weighted by atomic mass is 15.1. The van der Waals surface area contributed by atoms with Gasteiger partial charge in [0.15, 0.2) is 6.19 Å². The van der Waals surface area contributed by atoms with Crippen molar-refractivity contribution in [3.8, 4) is 6.19 Å². The first-order valence-electron chi connectivity index (χ1n) is 9.26. The third-order valence-electron chi connectivity index (χ3n) is 4.35. The molecule has 132 valence electrons. The summed E-state index contributed by atoms with van der Waals surface area (Å²) in [6.45, 7) is 15.0. The van der Waals surface area contributed by atoms with Gasteiger partial charge in [0, 0.05) is 13.1 Å². The number of hydrogen-bond donors (Lipinski definition) is 0. The maximum Gasteiger partial charge on any atom is 0.179 e. The molecule has 0 aliphatic carbocycles. The monoisotopic (exact) mass is 318 g/mol. The van der Waals surface area contributed by atoms with Crippen LogP contribution in [-0.4, -0.2) is 18.0 Å². The zero-order valence-electron chi connectivity index (χ0n) is 16.4. The highest BCUT2D eigenvalue weighted by Gasteiger charge is 2.08. The van der Waals surface area contributed by atoms with Crippen molar-refractivity contribution in [2.24, 2.45) is 11.8 Å². The molecule has 2 atom stereocenters. The highest BCUT2D eigenvalue weighted by molar-refractivity contribution is 4.93. The second-order valence-corrected chi connectivity index (χ2v) is 7.59. The van der Waals surface area contributed by atoms with Crippen molar-refractivity contribution in [2.45, 2.75) is 80.1 Å². The van der Waals surface area contributed by atoms with Crippen molar-refractivity contribution in [1.82, 2.24) is 4.90 Å². The molecule has 0 radical (unpaired) electrons. The smallest absolute Gasteiger partial charge is 0.179 e. The summed E-state index contributed by atoms with van der Waals surface area (Å²) in [4.78, 5) is 1.95. The Morgan fingerprint density at radius 2 is 1.22 bits per heavy atom. The van der Waals surface area contributed by atoms with Gasteiger partial charge in [0.05, 0.1) is 0 Å². The van der Waals surface area contributed by atoms with Crippen molar-refractivity contribution < 1.29 is 0 Å². The molecule has 0 fully saturated rings. The minimum absolute atomic E-state index is 0.691. The molecule has 0 aromatic carbocycles. The van der Waals surface area contributed by atoms with Gasteiger partial charge in [0.1, 0.15) is 0 Å². The summed E-state index contributed by atoms with van der Waals surface area (Å²) < 4.78 is 0. The van der Waals surface area contributed by atoms with Crippen LogP contribution in [0.1, 0.15) is 80.1 Å². The number of rotatable bonds is 12. The van der Waals surface area contributed by atoms with Gasteiger partial charge in [-0.05, 0) is 78.1 Å². The van der Waals surface area contributed by atoms with E-state index in [1.54, 1.807) is 0 Å². The van der Waals surface area contributed by atoms with E-state index in [9.17, 15) is 5.26 Å². The number of allylic oxidation sites excluding steroid dienone is 4. The van der Waals surface area contributed by atoms with E-state index in [1.165, 1.54) is 24.0 Å². The molecule has 0 bridgehead atoms. The third kappa shape index (κ3) is 14.1. The Morgan fingerprint density at radius 1 is 0.826 bits per heavy atom. The van der Waals surface area contributed by atoms with Crippen molar-refractivity contribution >= 4 is 0 Å². The normalized spacial score (nSPS) is 12.9. The first-order chi connectivity index (χ1) is 10.8. The summed E-state index contributed by atoms with van der Waals surface area (Å²) in [5.74, 6) is 1.38. The van der Waals surface area contributed by atoms with Gasteiger partial charge in [0.2, 0.25) is 0 Å². The van der Waals surface area contributed by atoms with E-state index in [0.29, 0.717) is 11.8 Å². The van der Waals surface area contributed by atoms with E-state index >= 15 is 0 Å². The van der Waals surface area contributed by atoms with Gasteiger partial charge in [-0.1, -0.05) is 37.1 Å². The predicted molar refractivity (Wildman–Crippen MR) is 102 cm³/mol. The van der Waals surface area contributed by atoms with E-state index < -0.39 is 0 Å². The van der Waals surface area contributed by atoms with Crippen LogP contribution in [0, 0.1) is 23.3 Å². The molecule has 0 aliphatic heterocycles. The Morgan fingerprint density at radius 3 is 1.52 bits per heavy atom.